The molecule has 2 heterocycles. The molecule has 3 unspecified atom stereocenters. The first-order valence-corrected chi connectivity index (χ1v) is 9.87. The molecule has 2 fully saturated rings. The second kappa shape index (κ2) is 10.8. The van der Waals surface area contributed by atoms with Crippen LogP contribution < -0.4 is 14.9 Å². The maximum atomic E-state index is 12.4. The third-order valence-electron chi connectivity index (χ3n) is 5.66. The summed E-state index contributed by atoms with van der Waals surface area (Å²) in [6.45, 7) is 1.91. The Labute approximate surface area is 176 Å². The van der Waals surface area contributed by atoms with Gasteiger partial charge in [0.15, 0.2) is 0 Å². The molecule has 0 radical (unpaired) electrons. The Balaban J connectivity index is 0.000000343. The standard InChI is InChI=1S/C18H25NO3.C4H4O4/c1-12(13-4-8-16(21-3)9-5-13)18(20)22-17-10-14-6-7-15(11-17)19(14)2;5-3(6)1-2-4(7)8/h4-5,8-9,12,14-15,17H,6-7,10-11H2,1-3H3;1-2H,(H,5,6)(H,7,8)/p-2/b;2-1-. The number of carbonyl (C=O) groups is 3. The number of esters is 1. The van der Waals surface area contributed by atoms with Crippen molar-refractivity contribution < 1.29 is 34.1 Å². The highest BCUT2D eigenvalue weighted by Gasteiger charge is 2.40. The summed E-state index contributed by atoms with van der Waals surface area (Å²) in [4.78, 5) is 33.7. The van der Waals surface area contributed by atoms with Crippen molar-refractivity contribution in [1.29, 1.82) is 0 Å². The van der Waals surface area contributed by atoms with Crippen LogP contribution in [-0.4, -0.2) is 55.2 Å². The van der Waals surface area contributed by atoms with Gasteiger partial charge in [-0.2, -0.15) is 0 Å². The van der Waals surface area contributed by atoms with E-state index in [9.17, 15) is 24.6 Å². The Bertz CT molecular complexity index is 744. The molecule has 0 saturated carbocycles. The summed E-state index contributed by atoms with van der Waals surface area (Å²) in [5, 5.41) is 18.8. The number of carboxylic acids is 2. The van der Waals surface area contributed by atoms with Crippen LogP contribution in [0.5, 0.6) is 5.75 Å². The maximum absolute atomic E-state index is 12.4. The molecule has 2 aliphatic rings. The van der Waals surface area contributed by atoms with Gasteiger partial charge < -0.3 is 34.2 Å². The van der Waals surface area contributed by atoms with Crippen LogP contribution in [0.2, 0.25) is 0 Å². The molecule has 1 aromatic carbocycles. The van der Waals surface area contributed by atoms with Gasteiger partial charge in [-0.25, -0.2) is 0 Å². The van der Waals surface area contributed by atoms with E-state index in [-0.39, 0.29) is 18.0 Å². The average Bonchev–Trinajstić information content (AvgIpc) is 2.92. The molecule has 0 N–H and O–H groups in total. The summed E-state index contributed by atoms with van der Waals surface area (Å²) in [6.07, 6.45) is 5.29. The highest BCUT2D eigenvalue weighted by Crippen LogP contribution is 2.36. The monoisotopic (exact) mass is 417 g/mol. The number of nitrogens with zero attached hydrogens (tertiary/aromatic N) is 1. The van der Waals surface area contributed by atoms with Crippen LogP contribution in [0.25, 0.3) is 0 Å². The van der Waals surface area contributed by atoms with Crippen molar-refractivity contribution in [3.63, 3.8) is 0 Å². The fourth-order valence-electron chi connectivity index (χ4n) is 3.89. The highest BCUT2D eigenvalue weighted by atomic mass is 16.5. The van der Waals surface area contributed by atoms with Gasteiger partial charge in [0.2, 0.25) is 0 Å². The van der Waals surface area contributed by atoms with Crippen molar-refractivity contribution in [1.82, 2.24) is 4.90 Å². The van der Waals surface area contributed by atoms with Crippen LogP contribution >= 0.6 is 0 Å². The Morgan fingerprint density at radius 2 is 1.53 bits per heavy atom. The fraction of sp³-hybridized carbons (Fsp3) is 0.500. The Kier molecular flexibility index (Phi) is 8.41. The van der Waals surface area contributed by atoms with E-state index >= 15 is 0 Å². The number of benzene rings is 1. The molecule has 2 aliphatic heterocycles. The van der Waals surface area contributed by atoms with Crippen molar-refractivity contribution >= 4 is 17.9 Å². The molecule has 2 saturated heterocycles. The van der Waals surface area contributed by atoms with E-state index in [0.717, 1.165) is 24.2 Å². The van der Waals surface area contributed by atoms with E-state index in [1.54, 1.807) is 7.11 Å². The second-order valence-electron chi connectivity index (χ2n) is 7.55. The molecular weight excluding hydrogens is 390 g/mol. The van der Waals surface area contributed by atoms with Crippen LogP contribution in [0.15, 0.2) is 36.4 Å². The number of fused-ring (bicyclic) bond motifs is 2. The molecule has 3 rings (SSSR count). The number of ether oxygens (including phenoxy) is 2. The molecule has 164 valence electrons. The minimum atomic E-state index is -1.55. The van der Waals surface area contributed by atoms with Gasteiger partial charge >= 0.3 is 5.97 Å². The third kappa shape index (κ3) is 6.59. The van der Waals surface area contributed by atoms with Gasteiger partial charge in [0.05, 0.1) is 25.0 Å². The van der Waals surface area contributed by atoms with Crippen molar-refractivity contribution in [2.24, 2.45) is 0 Å². The summed E-state index contributed by atoms with van der Waals surface area (Å²) in [5.74, 6) is -2.64. The summed E-state index contributed by atoms with van der Waals surface area (Å²) in [7, 11) is 3.83. The minimum Gasteiger partial charge on any atom is -0.545 e. The molecule has 0 aliphatic carbocycles. The largest absolute Gasteiger partial charge is 0.545 e. The van der Waals surface area contributed by atoms with Crippen LogP contribution in [0.4, 0.5) is 0 Å². The lowest BCUT2D eigenvalue weighted by molar-refractivity contribution is -0.301. The van der Waals surface area contributed by atoms with Gasteiger partial charge in [-0.15, -0.1) is 0 Å². The first-order valence-electron chi connectivity index (χ1n) is 9.87. The van der Waals surface area contributed by atoms with E-state index in [2.05, 4.69) is 11.9 Å². The zero-order valence-corrected chi connectivity index (χ0v) is 17.4. The Hall–Kier alpha value is -2.87. The van der Waals surface area contributed by atoms with Crippen LogP contribution in [0.1, 0.15) is 44.1 Å². The lowest BCUT2D eigenvalue weighted by Crippen LogP contribution is -2.43. The molecule has 30 heavy (non-hydrogen) atoms. The zero-order valence-electron chi connectivity index (χ0n) is 17.4. The van der Waals surface area contributed by atoms with Gasteiger partial charge in [0, 0.05) is 12.1 Å². The third-order valence-corrected chi connectivity index (χ3v) is 5.66. The number of piperidine rings is 1. The lowest BCUT2D eigenvalue weighted by atomic mass is 9.99. The van der Waals surface area contributed by atoms with Crippen LogP contribution in [0, 0.1) is 0 Å². The molecule has 1 aromatic rings. The summed E-state index contributed by atoms with van der Waals surface area (Å²) in [6, 6.07) is 8.82. The van der Waals surface area contributed by atoms with E-state index in [1.165, 1.54) is 12.8 Å². The normalized spacial score (nSPS) is 23.9. The maximum Gasteiger partial charge on any atom is 0.313 e. The van der Waals surface area contributed by atoms with Crippen LogP contribution in [-0.2, 0) is 19.1 Å². The van der Waals surface area contributed by atoms with Gasteiger partial charge in [0.25, 0.3) is 0 Å². The number of aliphatic carboxylic acids is 2. The van der Waals surface area contributed by atoms with E-state index in [1.807, 2.05) is 31.2 Å². The van der Waals surface area contributed by atoms with E-state index in [0.29, 0.717) is 24.2 Å². The molecule has 3 atom stereocenters. The first kappa shape index (κ1) is 23.4. The summed E-state index contributed by atoms with van der Waals surface area (Å²) in [5.41, 5.74) is 0.974. The number of rotatable bonds is 6. The molecule has 0 spiro atoms. The number of carboxylic acid groups (broad SMARTS) is 2. The summed E-state index contributed by atoms with van der Waals surface area (Å²) >= 11 is 0. The van der Waals surface area contributed by atoms with Gasteiger partial charge in [0.1, 0.15) is 11.9 Å². The van der Waals surface area contributed by atoms with Crippen LogP contribution in [0.3, 0.4) is 0 Å². The highest BCUT2D eigenvalue weighted by molar-refractivity contribution is 5.87. The van der Waals surface area contributed by atoms with Gasteiger partial charge in [-0.1, -0.05) is 12.1 Å². The second-order valence-corrected chi connectivity index (χ2v) is 7.55. The van der Waals surface area contributed by atoms with Crippen molar-refractivity contribution in [3.05, 3.63) is 42.0 Å². The number of carbonyl (C=O) groups excluding carboxylic acids is 3. The number of hydrogen-bond donors (Lipinski definition) is 0. The Morgan fingerprint density at radius 1 is 1.03 bits per heavy atom. The predicted octanol–water partition coefficient (Wildman–Crippen LogP) is 0.00950. The number of hydrogen-bond acceptors (Lipinski definition) is 8. The van der Waals surface area contributed by atoms with Gasteiger partial charge in [-0.3, -0.25) is 4.79 Å². The predicted molar refractivity (Wildman–Crippen MR) is 104 cm³/mol. The molecular formula is C22H27NO7-2. The first-order chi connectivity index (χ1) is 14.2. The lowest BCUT2D eigenvalue weighted by Gasteiger charge is -2.36. The fourth-order valence-corrected chi connectivity index (χ4v) is 3.89. The van der Waals surface area contributed by atoms with E-state index < -0.39 is 11.9 Å². The molecule has 8 heteroatoms. The number of methoxy groups -OCH3 is 1. The molecule has 0 aromatic heterocycles. The molecule has 0 amide bonds. The van der Waals surface area contributed by atoms with Gasteiger partial charge in [-0.05, 0) is 69.5 Å². The molecule has 2 bridgehead atoms. The summed E-state index contributed by atoms with van der Waals surface area (Å²) < 4.78 is 10.9. The topological polar surface area (TPSA) is 119 Å². The van der Waals surface area contributed by atoms with Crippen molar-refractivity contribution in [2.45, 2.75) is 56.7 Å². The minimum absolute atomic E-state index is 0.0851. The van der Waals surface area contributed by atoms with Crippen molar-refractivity contribution in [2.75, 3.05) is 14.2 Å². The average molecular weight is 417 g/mol. The molecule has 8 nitrogen and oxygen atoms in total. The quantitative estimate of drug-likeness (QED) is 0.469. The Morgan fingerprint density at radius 3 is 1.97 bits per heavy atom. The zero-order chi connectivity index (χ0) is 22.3. The SMILES string of the molecule is COc1ccc(C(C)C(=O)OC2CC3CCC(C2)N3C)cc1.O=C([O-])/C=C\C(=O)[O-]. The van der Waals surface area contributed by atoms with Crippen molar-refractivity contribution in [3.8, 4) is 5.75 Å². The van der Waals surface area contributed by atoms with E-state index in [4.69, 9.17) is 9.47 Å². The smallest absolute Gasteiger partial charge is 0.313 e.